The monoisotopic (exact) mass is 580 g/mol. The molecule has 27 heteroatoms. The molecule has 0 aromatic heterocycles. The Kier molecular flexibility index (Phi) is 13.7. The summed E-state index contributed by atoms with van der Waals surface area (Å²) < 4.78 is 72.8. The van der Waals surface area contributed by atoms with E-state index in [0.717, 1.165) is 0 Å². The van der Waals surface area contributed by atoms with E-state index < -0.39 is 46.9 Å². The van der Waals surface area contributed by atoms with E-state index in [4.69, 9.17) is 48.9 Å². The maximum atomic E-state index is 10.4. The third-order valence-electron chi connectivity index (χ3n) is 0.838. The molecule has 0 aromatic rings. The smallest absolute Gasteiger partial charge is 0.302 e. The molecule has 0 fully saturated rings. The van der Waals surface area contributed by atoms with Crippen molar-refractivity contribution in [2.45, 2.75) is 0 Å². The van der Waals surface area contributed by atoms with Gasteiger partial charge in [0.2, 0.25) is 0 Å². The number of phosphoric acid groups is 6. The fraction of sp³-hybridized carbons (Fsp3) is 0. The van der Waals surface area contributed by atoms with Crippen LogP contribution in [0.25, 0.3) is 0 Å². The fourth-order valence-corrected chi connectivity index (χ4v) is 5.64. The largest absolute Gasteiger partial charge is 0.490 e. The summed E-state index contributed by atoms with van der Waals surface area (Å²) in [7, 11) is -32.3. The van der Waals surface area contributed by atoms with Gasteiger partial charge in [0.1, 0.15) is 0 Å². The summed E-state index contributed by atoms with van der Waals surface area (Å²) in [4.78, 5) is 80.4. The first-order chi connectivity index (χ1) is 10.8. The molecule has 10 N–H and O–H groups in total. The van der Waals surface area contributed by atoms with E-state index in [1.807, 2.05) is 0 Å². The van der Waals surface area contributed by atoms with Gasteiger partial charge in [0.15, 0.2) is 0 Å². The maximum Gasteiger partial charge on any atom is 0.490 e. The van der Waals surface area contributed by atoms with Crippen molar-refractivity contribution in [2.24, 2.45) is 0 Å². The van der Waals surface area contributed by atoms with Crippen molar-refractivity contribution in [3.8, 4) is 0 Å². The summed E-state index contributed by atoms with van der Waals surface area (Å²) >= 11 is 0. The van der Waals surface area contributed by atoms with Gasteiger partial charge in [0, 0.05) is 19.5 Å². The van der Waals surface area contributed by atoms with E-state index in [9.17, 15) is 27.4 Å². The van der Waals surface area contributed by atoms with Gasteiger partial charge in [-0.1, -0.05) is 0 Å². The molecule has 0 radical (unpaired) electrons. The predicted molar refractivity (Wildman–Crippen MR) is 72.2 cm³/mol. The van der Waals surface area contributed by atoms with Gasteiger partial charge in [-0.2, -0.15) is 17.2 Å². The van der Waals surface area contributed by atoms with Crippen LogP contribution in [0, 0.1) is 0 Å². The van der Waals surface area contributed by atoms with Crippen molar-refractivity contribution in [1.82, 2.24) is 0 Å². The van der Waals surface area contributed by atoms with Gasteiger partial charge >= 0.3 is 46.9 Å². The molecule has 20 nitrogen and oxygen atoms in total. The molecule has 0 amide bonds. The molecule has 0 spiro atoms. The van der Waals surface area contributed by atoms with Crippen LogP contribution in [0.3, 0.4) is 0 Å². The normalized spacial score (nSPS) is 14.0. The Morgan fingerprint density at radius 1 is 0.370 bits per heavy atom. The van der Waals surface area contributed by atoms with Crippen molar-refractivity contribution in [1.29, 1.82) is 0 Å². The van der Waals surface area contributed by atoms with Gasteiger partial charge in [0.05, 0.1) is 0 Å². The zero-order valence-electron chi connectivity index (χ0n) is 11.9. The second-order valence-corrected chi connectivity index (χ2v) is 11.6. The molecule has 0 saturated carbocycles. The molecule has 0 bridgehead atoms. The summed E-state index contributed by atoms with van der Waals surface area (Å²) in [5, 5.41) is 0. The van der Waals surface area contributed by atoms with Crippen LogP contribution in [0.2, 0.25) is 0 Å². The Balaban J connectivity index is -0.000000411. The topological polar surface area (TPSA) is 342 Å². The molecule has 0 atom stereocenters. The van der Waals surface area contributed by atoms with Crippen LogP contribution in [-0.2, 0) is 64.1 Å². The molecule has 0 aliphatic carbocycles. The molecular formula is H10O20P6Zn. The maximum absolute atomic E-state index is 10.4. The minimum absolute atomic E-state index is 0. The molecule has 0 aliphatic rings. The van der Waals surface area contributed by atoms with Crippen LogP contribution in [0.1, 0.15) is 0 Å². The Bertz CT molecular complexity index is 614. The SMILES string of the molecule is O=P(O)(O)OP(=O)(O)OP(=O)(O)O.O=P(O)(O)OP(=O)(O)OP(=O)(O)O.[Zn]. The summed E-state index contributed by atoms with van der Waals surface area (Å²) in [5.41, 5.74) is 0. The molecular weight excluding hydrogens is 571 g/mol. The zero-order valence-corrected chi connectivity index (χ0v) is 20.3. The van der Waals surface area contributed by atoms with Crippen LogP contribution in [0.5, 0.6) is 0 Å². The Labute approximate surface area is 160 Å². The molecule has 27 heavy (non-hydrogen) atoms. The third kappa shape index (κ3) is 27.4. The molecule has 0 rings (SSSR count). The van der Waals surface area contributed by atoms with Gasteiger partial charge < -0.3 is 48.9 Å². The second-order valence-electron chi connectivity index (χ2n) is 3.23. The van der Waals surface area contributed by atoms with Crippen LogP contribution < -0.4 is 0 Å². The van der Waals surface area contributed by atoms with Crippen LogP contribution >= 0.6 is 46.9 Å². The molecule has 0 aromatic carbocycles. The van der Waals surface area contributed by atoms with Crippen molar-refractivity contribution in [2.75, 3.05) is 0 Å². The molecule has 0 aliphatic heterocycles. The minimum atomic E-state index is -5.46. The van der Waals surface area contributed by atoms with E-state index >= 15 is 0 Å². The van der Waals surface area contributed by atoms with Crippen molar-refractivity contribution >= 4 is 46.9 Å². The van der Waals surface area contributed by atoms with Gasteiger partial charge in [0.25, 0.3) is 0 Å². The third-order valence-corrected chi connectivity index (χ3v) is 7.54. The van der Waals surface area contributed by atoms with Gasteiger partial charge in [-0.15, -0.1) is 0 Å². The number of hydrogen-bond acceptors (Lipinski definition) is 10. The van der Waals surface area contributed by atoms with Gasteiger partial charge in [-0.3, -0.25) is 0 Å². The second kappa shape index (κ2) is 11.2. The van der Waals surface area contributed by atoms with E-state index in [1.54, 1.807) is 0 Å². The van der Waals surface area contributed by atoms with Crippen molar-refractivity contribution < 1.29 is 113 Å². The summed E-state index contributed by atoms with van der Waals surface area (Å²) in [6.07, 6.45) is 0. The quantitative estimate of drug-likeness (QED) is 0.116. The number of rotatable bonds is 8. The van der Waals surface area contributed by atoms with E-state index in [-0.39, 0.29) is 19.5 Å². The summed E-state index contributed by atoms with van der Waals surface area (Å²) in [6, 6.07) is 0. The first kappa shape index (κ1) is 33.1. The molecule has 0 saturated heterocycles. The van der Waals surface area contributed by atoms with Crippen LogP contribution in [0.4, 0.5) is 0 Å². The summed E-state index contributed by atoms with van der Waals surface area (Å²) in [5.74, 6) is 0. The van der Waals surface area contributed by atoms with Gasteiger partial charge in [-0.05, 0) is 0 Å². The van der Waals surface area contributed by atoms with Crippen molar-refractivity contribution in [3.05, 3.63) is 0 Å². The van der Waals surface area contributed by atoms with Gasteiger partial charge in [-0.25, -0.2) is 27.4 Å². The summed E-state index contributed by atoms with van der Waals surface area (Å²) in [6.45, 7) is 0. The predicted octanol–water partition coefficient (Wildman–Crippen LogP) is -1.39. The van der Waals surface area contributed by atoms with Crippen molar-refractivity contribution in [3.63, 3.8) is 0 Å². The zero-order chi connectivity index (χ0) is 21.8. The Morgan fingerprint density at radius 3 is 0.556 bits per heavy atom. The Morgan fingerprint density at radius 2 is 0.481 bits per heavy atom. The van der Waals surface area contributed by atoms with E-state index in [2.05, 4.69) is 17.2 Å². The fourth-order valence-electron chi connectivity index (χ4n) is 0.567. The first-order valence-corrected chi connectivity index (χ1v) is 13.7. The minimum Gasteiger partial charge on any atom is -0.302 e. The van der Waals surface area contributed by atoms with E-state index in [0.29, 0.717) is 0 Å². The average Bonchev–Trinajstić information content (AvgIpc) is 1.97. The molecule has 0 heterocycles. The molecule has 162 valence electrons. The Hall–Kier alpha value is 1.44. The molecule has 0 unspecified atom stereocenters. The van der Waals surface area contributed by atoms with E-state index in [1.165, 1.54) is 0 Å². The van der Waals surface area contributed by atoms with Crippen LogP contribution in [-0.4, -0.2) is 48.9 Å². The standard InChI is InChI=1S/2H5O10P3.Zn/c2*1-11(2,3)9-13(7,8)10-12(4,5)6;/h2*(H,7,8)(H2,1,2,3)(H2,4,5,6);. The first-order valence-electron chi connectivity index (χ1n) is 4.56. The average molecular weight is 581 g/mol. The van der Waals surface area contributed by atoms with Crippen LogP contribution in [0.15, 0.2) is 0 Å². The number of hydrogen-bond donors (Lipinski definition) is 10.